The number of nitrogens with zero attached hydrogens (tertiary/aromatic N) is 2. The summed E-state index contributed by atoms with van der Waals surface area (Å²) in [4.78, 5) is 31.1. The SMILES string of the molecule is CCC(C)NC(=O)CCCN1C(=O)c2cccnc2Oc2ccc(C)cc21. The van der Waals surface area contributed by atoms with Gasteiger partial charge in [-0.25, -0.2) is 4.98 Å². The summed E-state index contributed by atoms with van der Waals surface area (Å²) in [6.45, 7) is 6.42. The Bertz CT molecular complexity index is 850. The van der Waals surface area contributed by atoms with Gasteiger partial charge in [0.15, 0.2) is 5.75 Å². The van der Waals surface area contributed by atoms with Crippen molar-refractivity contribution in [3.63, 3.8) is 0 Å². The molecule has 0 spiro atoms. The molecule has 0 saturated heterocycles. The second kappa shape index (κ2) is 8.20. The number of fused-ring (bicyclic) bond motifs is 2. The van der Waals surface area contributed by atoms with Gasteiger partial charge in [0.05, 0.1) is 5.69 Å². The summed E-state index contributed by atoms with van der Waals surface area (Å²) in [5.74, 6) is 0.749. The molecule has 1 atom stereocenters. The molecule has 6 nitrogen and oxygen atoms in total. The summed E-state index contributed by atoms with van der Waals surface area (Å²) in [6.07, 6.45) is 3.44. The van der Waals surface area contributed by atoms with Crippen molar-refractivity contribution in [3.05, 3.63) is 47.7 Å². The lowest BCUT2D eigenvalue weighted by Gasteiger charge is -2.22. The molecule has 1 aromatic heterocycles. The Hall–Kier alpha value is -2.89. The van der Waals surface area contributed by atoms with Crippen LogP contribution in [0.25, 0.3) is 0 Å². The average molecular weight is 367 g/mol. The van der Waals surface area contributed by atoms with E-state index >= 15 is 0 Å². The summed E-state index contributed by atoms with van der Waals surface area (Å²) in [5, 5.41) is 2.96. The lowest BCUT2D eigenvalue weighted by molar-refractivity contribution is -0.121. The van der Waals surface area contributed by atoms with Crippen molar-refractivity contribution in [1.82, 2.24) is 10.3 Å². The van der Waals surface area contributed by atoms with Crippen LogP contribution in [-0.2, 0) is 4.79 Å². The summed E-state index contributed by atoms with van der Waals surface area (Å²) < 4.78 is 5.90. The Kier molecular flexibility index (Phi) is 5.74. The number of aryl methyl sites for hydroxylation is 1. The van der Waals surface area contributed by atoms with Crippen LogP contribution in [0.1, 0.15) is 49.0 Å². The number of ether oxygens (including phenoxy) is 1. The fraction of sp³-hybridized carbons (Fsp3) is 0.381. The molecule has 0 aliphatic carbocycles. The fourth-order valence-electron chi connectivity index (χ4n) is 2.99. The molecule has 0 radical (unpaired) electrons. The molecule has 0 bridgehead atoms. The van der Waals surface area contributed by atoms with Gasteiger partial charge in [-0.1, -0.05) is 13.0 Å². The van der Waals surface area contributed by atoms with Crippen LogP contribution in [0.4, 0.5) is 5.69 Å². The van der Waals surface area contributed by atoms with E-state index in [1.165, 1.54) is 0 Å². The van der Waals surface area contributed by atoms with E-state index in [1.807, 2.05) is 39.0 Å². The fourth-order valence-corrected chi connectivity index (χ4v) is 2.99. The van der Waals surface area contributed by atoms with Crippen molar-refractivity contribution in [2.45, 2.75) is 46.1 Å². The first-order chi connectivity index (χ1) is 13.0. The first kappa shape index (κ1) is 18.9. The van der Waals surface area contributed by atoms with Crippen LogP contribution < -0.4 is 15.0 Å². The van der Waals surface area contributed by atoms with E-state index in [2.05, 4.69) is 10.3 Å². The zero-order valence-electron chi connectivity index (χ0n) is 16.0. The zero-order chi connectivity index (χ0) is 19.4. The minimum Gasteiger partial charge on any atom is -0.436 e. The van der Waals surface area contributed by atoms with Crippen molar-refractivity contribution in [2.24, 2.45) is 0 Å². The largest absolute Gasteiger partial charge is 0.436 e. The van der Waals surface area contributed by atoms with E-state index in [-0.39, 0.29) is 17.9 Å². The van der Waals surface area contributed by atoms with Gasteiger partial charge in [-0.15, -0.1) is 0 Å². The minimum absolute atomic E-state index is 0.00871. The number of pyridine rings is 1. The van der Waals surface area contributed by atoms with E-state index in [0.717, 1.165) is 12.0 Å². The predicted molar refractivity (Wildman–Crippen MR) is 104 cm³/mol. The van der Waals surface area contributed by atoms with Gasteiger partial charge in [-0.3, -0.25) is 9.59 Å². The van der Waals surface area contributed by atoms with E-state index in [0.29, 0.717) is 42.3 Å². The molecular weight excluding hydrogens is 342 g/mol. The maximum atomic E-state index is 13.1. The number of benzene rings is 1. The van der Waals surface area contributed by atoms with Gasteiger partial charge in [0, 0.05) is 25.2 Å². The minimum atomic E-state index is -0.162. The highest BCUT2D eigenvalue weighted by molar-refractivity contribution is 6.09. The maximum absolute atomic E-state index is 13.1. The van der Waals surface area contributed by atoms with Gasteiger partial charge in [0.2, 0.25) is 11.8 Å². The number of hydrogen-bond acceptors (Lipinski definition) is 4. The molecule has 1 aliphatic rings. The third-order valence-electron chi connectivity index (χ3n) is 4.66. The van der Waals surface area contributed by atoms with Crippen LogP contribution in [0.3, 0.4) is 0 Å². The summed E-state index contributed by atoms with van der Waals surface area (Å²) in [6, 6.07) is 9.31. The Balaban J connectivity index is 1.81. The monoisotopic (exact) mass is 367 g/mol. The topological polar surface area (TPSA) is 71.5 Å². The second-order valence-electron chi connectivity index (χ2n) is 6.87. The molecule has 2 aromatic rings. The lowest BCUT2D eigenvalue weighted by atomic mass is 10.1. The quantitative estimate of drug-likeness (QED) is 0.842. The number of anilines is 1. The number of nitrogens with one attached hydrogen (secondary N) is 1. The van der Waals surface area contributed by atoms with Crippen molar-refractivity contribution < 1.29 is 14.3 Å². The highest BCUT2D eigenvalue weighted by atomic mass is 16.5. The third-order valence-corrected chi connectivity index (χ3v) is 4.66. The van der Waals surface area contributed by atoms with Crippen LogP contribution in [0.5, 0.6) is 11.6 Å². The van der Waals surface area contributed by atoms with Crippen molar-refractivity contribution >= 4 is 17.5 Å². The standard InChI is InChI=1S/C21H25N3O3/c1-4-15(3)23-19(25)8-6-12-24-17-13-14(2)9-10-18(17)27-20-16(21(24)26)7-5-11-22-20/h5,7,9-11,13,15H,4,6,8,12H2,1-3H3,(H,23,25). The Morgan fingerprint density at radius 1 is 1.33 bits per heavy atom. The van der Waals surface area contributed by atoms with E-state index < -0.39 is 0 Å². The van der Waals surface area contributed by atoms with Crippen molar-refractivity contribution in [1.29, 1.82) is 0 Å². The second-order valence-corrected chi connectivity index (χ2v) is 6.87. The molecule has 1 N–H and O–H groups in total. The molecule has 3 rings (SSSR count). The first-order valence-corrected chi connectivity index (χ1v) is 9.34. The normalized spacial score (nSPS) is 13.9. The van der Waals surface area contributed by atoms with E-state index in [1.54, 1.807) is 23.2 Å². The summed E-state index contributed by atoms with van der Waals surface area (Å²) in [5.41, 5.74) is 2.17. The first-order valence-electron chi connectivity index (χ1n) is 9.34. The van der Waals surface area contributed by atoms with Crippen LogP contribution in [-0.4, -0.2) is 29.4 Å². The van der Waals surface area contributed by atoms with Crippen LogP contribution in [0.2, 0.25) is 0 Å². The Morgan fingerprint density at radius 3 is 2.93 bits per heavy atom. The lowest BCUT2D eigenvalue weighted by Crippen LogP contribution is -2.34. The van der Waals surface area contributed by atoms with Gasteiger partial charge in [-0.05, 0) is 56.5 Å². The predicted octanol–water partition coefficient (Wildman–Crippen LogP) is 3.84. The molecule has 6 heteroatoms. The smallest absolute Gasteiger partial charge is 0.263 e. The summed E-state index contributed by atoms with van der Waals surface area (Å²) in [7, 11) is 0. The van der Waals surface area contributed by atoms with Gasteiger partial charge in [-0.2, -0.15) is 0 Å². The van der Waals surface area contributed by atoms with Gasteiger partial charge < -0.3 is 15.0 Å². The van der Waals surface area contributed by atoms with E-state index in [9.17, 15) is 9.59 Å². The molecule has 0 fully saturated rings. The summed E-state index contributed by atoms with van der Waals surface area (Å²) >= 11 is 0. The number of carbonyl (C=O) groups is 2. The maximum Gasteiger partial charge on any atom is 0.263 e. The Morgan fingerprint density at radius 2 is 2.15 bits per heavy atom. The van der Waals surface area contributed by atoms with Crippen molar-refractivity contribution in [2.75, 3.05) is 11.4 Å². The third kappa shape index (κ3) is 4.27. The highest BCUT2D eigenvalue weighted by Crippen LogP contribution is 2.38. The molecule has 2 amide bonds. The van der Waals surface area contributed by atoms with Crippen LogP contribution >= 0.6 is 0 Å². The average Bonchev–Trinajstić information content (AvgIpc) is 2.77. The highest BCUT2D eigenvalue weighted by Gasteiger charge is 2.28. The van der Waals surface area contributed by atoms with Crippen molar-refractivity contribution in [3.8, 4) is 11.6 Å². The molecule has 27 heavy (non-hydrogen) atoms. The Labute approximate surface area is 159 Å². The number of carbonyl (C=O) groups excluding carboxylic acids is 2. The molecule has 1 aliphatic heterocycles. The number of aromatic nitrogens is 1. The molecule has 0 saturated carbocycles. The molecular formula is C21H25N3O3. The molecule has 1 aromatic carbocycles. The zero-order valence-corrected chi connectivity index (χ0v) is 16.0. The number of rotatable bonds is 6. The van der Waals surface area contributed by atoms with E-state index in [4.69, 9.17) is 4.74 Å². The molecule has 1 unspecified atom stereocenters. The molecule has 2 heterocycles. The van der Waals surface area contributed by atoms with Gasteiger partial charge in [0.1, 0.15) is 5.56 Å². The number of hydrogen-bond donors (Lipinski definition) is 1. The van der Waals surface area contributed by atoms with Crippen LogP contribution in [0, 0.1) is 6.92 Å². The van der Waals surface area contributed by atoms with Crippen LogP contribution in [0.15, 0.2) is 36.5 Å². The van der Waals surface area contributed by atoms with Gasteiger partial charge in [0.25, 0.3) is 5.91 Å². The molecule has 142 valence electrons. The number of amides is 2. The van der Waals surface area contributed by atoms with Gasteiger partial charge >= 0.3 is 0 Å².